The maximum atomic E-state index is 5.17. The van der Waals surface area contributed by atoms with Gasteiger partial charge < -0.3 is 14.5 Å². The maximum absolute atomic E-state index is 5.17. The van der Waals surface area contributed by atoms with Crippen LogP contribution in [0.5, 0.6) is 5.88 Å². The van der Waals surface area contributed by atoms with Gasteiger partial charge in [-0.25, -0.2) is 9.97 Å². The number of nitrogens with zero attached hydrogens (tertiary/aromatic N) is 4. The smallest absolute Gasteiger partial charge is 0.212 e. The van der Waals surface area contributed by atoms with Crippen LogP contribution in [0, 0.1) is 0 Å². The normalized spacial score (nSPS) is 14.8. The number of rotatable bonds is 4. The van der Waals surface area contributed by atoms with Crippen LogP contribution in [-0.4, -0.2) is 54.7 Å². The Hall–Kier alpha value is -2.66. The second kappa shape index (κ2) is 8.35. The number of piperazine rings is 1. The average Bonchev–Trinajstić information content (AvgIpc) is 2.73. The predicted octanol–water partition coefficient (Wildman–Crippen LogP) is 4.08. The molecule has 0 amide bonds. The maximum Gasteiger partial charge on any atom is 0.212 e. The Labute approximate surface area is 161 Å². The van der Waals surface area contributed by atoms with E-state index in [1.165, 1.54) is 10.8 Å². The molecule has 27 heavy (non-hydrogen) atoms. The van der Waals surface area contributed by atoms with E-state index in [9.17, 15) is 0 Å². The van der Waals surface area contributed by atoms with Crippen molar-refractivity contribution in [1.82, 2.24) is 14.9 Å². The van der Waals surface area contributed by atoms with Gasteiger partial charge in [-0.05, 0) is 24.1 Å². The molecular formula is C22H28N4O. The van der Waals surface area contributed by atoms with E-state index in [1.54, 1.807) is 7.11 Å². The molecule has 0 unspecified atom stereocenters. The molecule has 0 N–H and O–H groups in total. The number of likely N-dealkylation sites (N-methyl/N-ethyl adjacent to an activating group) is 1. The molecule has 1 saturated heterocycles. The first kappa shape index (κ1) is 19.1. The zero-order valence-electron chi connectivity index (χ0n) is 15.4. The molecule has 1 aliphatic heterocycles. The predicted molar refractivity (Wildman–Crippen MR) is 113 cm³/mol. The number of pyridine rings is 2. The quantitative estimate of drug-likeness (QED) is 0.698. The zero-order chi connectivity index (χ0) is 17.9. The fraction of sp³-hybridized carbons (Fsp3) is 0.364. The summed E-state index contributed by atoms with van der Waals surface area (Å²) in [5.74, 6) is 1.69. The largest absolute Gasteiger partial charge is 0.481 e. The van der Waals surface area contributed by atoms with Gasteiger partial charge in [0, 0.05) is 49.4 Å². The molecule has 0 radical (unpaired) electrons. The number of fused-ring (bicyclic) bond motifs is 1. The minimum absolute atomic E-state index is 0. The fourth-order valence-corrected chi connectivity index (χ4v) is 3.50. The van der Waals surface area contributed by atoms with E-state index in [1.807, 2.05) is 18.3 Å². The van der Waals surface area contributed by atoms with Crippen molar-refractivity contribution in [3.63, 3.8) is 0 Å². The third-order valence-electron chi connectivity index (χ3n) is 5.08. The van der Waals surface area contributed by atoms with Crippen LogP contribution in [0.25, 0.3) is 22.0 Å². The minimum atomic E-state index is 0. The van der Waals surface area contributed by atoms with Crippen LogP contribution >= 0.6 is 0 Å². The van der Waals surface area contributed by atoms with Crippen molar-refractivity contribution in [1.29, 1.82) is 0 Å². The van der Waals surface area contributed by atoms with E-state index in [-0.39, 0.29) is 7.43 Å². The van der Waals surface area contributed by atoms with Crippen LogP contribution in [0.4, 0.5) is 5.82 Å². The Balaban J connectivity index is 0.00000210. The lowest BCUT2D eigenvalue weighted by Gasteiger charge is -2.35. The van der Waals surface area contributed by atoms with Crippen molar-refractivity contribution in [3.05, 3.63) is 48.7 Å². The molecule has 1 fully saturated rings. The number of methoxy groups -OCH3 is 1. The van der Waals surface area contributed by atoms with Crippen molar-refractivity contribution in [2.75, 3.05) is 44.7 Å². The second-order valence-corrected chi connectivity index (χ2v) is 6.56. The summed E-state index contributed by atoms with van der Waals surface area (Å²) in [7, 11) is 1.63. The van der Waals surface area contributed by atoms with Gasteiger partial charge in [0.15, 0.2) is 0 Å². The lowest BCUT2D eigenvalue weighted by atomic mass is 10.1. The highest BCUT2D eigenvalue weighted by Crippen LogP contribution is 2.30. The molecule has 0 aliphatic carbocycles. The number of anilines is 1. The molecule has 0 atom stereocenters. The second-order valence-electron chi connectivity index (χ2n) is 6.56. The molecule has 5 nitrogen and oxygen atoms in total. The first-order valence-electron chi connectivity index (χ1n) is 9.16. The minimum Gasteiger partial charge on any atom is -0.481 e. The van der Waals surface area contributed by atoms with Gasteiger partial charge in [0.25, 0.3) is 0 Å². The van der Waals surface area contributed by atoms with Crippen LogP contribution in [0.3, 0.4) is 0 Å². The van der Waals surface area contributed by atoms with E-state index in [0.717, 1.165) is 49.8 Å². The fourth-order valence-electron chi connectivity index (χ4n) is 3.50. The Bertz CT molecular complexity index is 886. The Morgan fingerprint density at radius 1 is 1.04 bits per heavy atom. The number of hydrogen-bond donors (Lipinski definition) is 0. The third-order valence-corrected chi connectivity index (χ3v) is 5.08. The Morgan fingerprint density at radius 3 is 2.48 bits per heavy atom. The first-order valence-corrected chi connectivity index (χ1v) is 9.16. The van der Waals surface area contributed by atoms with Crippen molar-refractivity contribution < 1.29 is 4.74 Å². The van der Waals surface area contributed by atoms with Crippen LogP contribution < -0.4 is 9.64 Å². The van der Waals surface area contributed by atoms with Crippen LogP contribution in [0.15, 0.2) is 48.7 Å². The van der Waals surface area contributed by atoms with Crippen molar-refractivity contribution >= 4 is 16.6 Å². The zero-order valence-corrected chi connectivity index (χ0v) is 15.4. The summed E-state index contributed by atoms with van der Waals surface area (Å²) in [5.41, 5.74) is 1.96. The Morgan fingerprint density at radius 2 is 1.81 bits per heavy atom. The topological polar surface area (TPSA) is 41.5 Å². The van der Waals surface area contributed by atoms with Crippen molar-refractivity contribution in [2.24, 2.45) is 0 Å². The Kier molecular flexibility index (Phi) is 5.91. The van der Waals surface area contributed by atoms with Gasteiger partial charge in [0.05, 0.1) is 12.8 Å². The molecular weight excluding hydrogens is 336 g/mol. The summed E-state index contributed by atoms with van der Waals surface area (Å²) in [5, 5.41) is 2.42. The van der Waals surface area contributed by atoms with Gasteiger partial charge in [-0.2, -0.15) is 0 Å². The summed E-state index contributed by atoms with van der Waals surface area (Å²) in [6, 6.07) is 14.5. The molecule has 0 bridgehead atoms. The molecule has 2 aromatic heterocycles. The molecule has 1 aliphatic rings. The lowest BCUT2D eigenvalue weighted by Crippen LogP contribution is -2.46. The van der Waals surface area contributed by atoms with Crippen LogP contribution in [0.1, 0.15) is 14.4 Å². The molecule has 0 spiro atoms. The number of benzene rings is 1. The van der Waals surface area contributed by atoms with Gasteiger partial charge >= 0.3 is 0 Å². The highest BCUT2D eigenvalue weighted by molar-refractivity contribution is 5.95. The van der Waals surface area contributed by atoms with Gasteiger partial charge in [-0.3, -0.25) is 0 Å². The van der Waals surface area contributed by atoms with Crippen LogP contribution in [-0.2, 0) is 0 Å². The molecule has 142 valence electrons. The van der Waals surface area contributed by atoms with Crippen molar-refractivity contribution in [3.8, 4) is 17.1 Å². The number of aromatic nitrogens is 2. The van der Waals surface area contributed by atoms with Gasteiger partial charge in [0.2, 0.25) is 5.88 Å². The lowest BCUT2D eigenvalue weighted by molar-refractivity contribution is 0.271. The number of hydrogen-bond acceptors (Lipinski definition) is 5. The average molecular weight is 364 g/mol. The van der Waals surface area contributed by atoms with Gasteiger partial charge in [-0.1, -0.05) is 38.6 Å². The first-order chi connectivity index (χ1) is 12.8. The summed E-state index contributed by atoms with van der Waals surface area (Å²) < 4.78 is 5.17. The third kappa shape index (κ3) is 3.88. The van der Waals surface area contributed by atoms with E-state index >= 15 is 0 Å². The molecule has 3 aromatic rings. The molecule has 1 aromatic carbocycles. The summed E-state index contributed by atoms with van der Waals surface area (Å²) in [4.78, 5) is 14.3. The van der Waals surface area contributed by atoms with Crippen molar-refractivity contribution in [2.45, 2.75) is 14.4 Å². The molecule has 4 rings (SSSR count). The monoisotopic (exact) mass is 364 g/mol. The summed E-state index contributed by atoms with van der Waals surface area (Å²) >= 11 is 0. The molecule has 3 heterocycles. The van der Waals surface area contributed by atoms with Gasteiger partial charge in [0.1, 0.15) is 5.82 Å². The van der Waals surface area contributed by atoms with Gasteiger partial charge in [-0.15, -0.1) is 0 Å². The van der Waals surface area contributed by atoms with E-state index in [2.05, 4.69) is 52.0 Å². The van der Waals surface area contributed by atoms with E-state index in [4.69, 9.17) is 9.72 Å². The standard InChI is InChI=1S/C21H24N4O.CH4/c1-3-24-10-12-25(13-11-24)21-18-7-5-4-6-16(18)14-19(23-21)17-8-9-20(26-2)22-15-17;/h4-9,14-15H,3,10-13H2,1-2H3;1H4. The van der Waals surface area contributed by atoms with E-state index in [0.29, 0.717) is 5.88 Å². The summed E-state index contributed by atoms with van der Waals surface area (Å²) in [6.07, 6.45) is 1.83. The summed E-state index contributed by atoms with van der Waals surface area (Å²) in [6.45, 7) is 7.52. The highest BCUT2D eigenvalue weighted by atomic mass is 16.5. The SMILES string of the molecule is C.CCN1CCN(c2nc(-c3ccc(OC)nc3)cc3ccccc23)CC1. The molecule has 5 heteroatoms. The molecule has 0 saturated carbocycles. The highest BCUT2D eigenvalue weighted by Gasteiger charge is 2.19. The van der Waals surface area contributed by atoms with Crippen LogP contribution in [0.2, 0.25) is 0 Å². The van der Waals surface area contributed by atoms with E-state index < -0.39 is 0 Å². The number of ether oxygens (including phenoxy) is 1.